The highest BCUT2D eigenvalue weighted by Crippen LogP contribution is 2.37. The number of aryl methyl sites for hydroxylation is 2. The van der Waals surface area contributed by atoms with E-state index in [4.69, 9.17) is 5.73 Å². The molecule has 2 heteroatoms. The molecule has 0 spiro atoms. The average Bonchev–Trinajstić information content (AvgIpc) is 2.46. The molecule has 112 valence electrons. The van der Waals surface area contributed by atoms with Crippen molar-refractivity contribution in [2.45, 2.75) is 58.4 Å². The van der Waals surface area contributed by atoms with Crippen molar-refractivity contribution in [1.29, 1.82) is 0 Å². The van der Waals surface area contributed by atoms with Crippen LogP contribution in [0.1, 0.15) is 49.8 Å². The number of likely N-dealkylation sites (tertiary alicyclic amines) is 1. The summed E-state index contributed by atoms with van der Waals surface area (Å²) in [6, 6.07) is 7.55. The third kappa shape index (κ3) is 2.91. The fraction of sp³-hybridized carbons (Fsp3) is 0.667. The fourth-order valence-corrected chi connectivity index (χ4v) is 3.64. The van der Waals surface area contributed by atoms with Gasteiger partial charge >= 0.3 is 0 Å². The van der Waals surface area contributed by atoms with Crippen molar-refractivity contribution < 1.29 is 0 Å². The summed E-state index contributed by atoms with van der Waals surface area (Å²) in [5, 5.41) is 0. The number of nitrogens with zero attached hydrogens (tertiary/aromatic N) is 1. The van der Waals surface area contributed by atoms with Crippen molar-refractivity contribution in [3.05, 3.63) is 34.9 Å². The normalized spacial score (nSPS) is 20.9. The molecule has 1 aromatic rings. The molecule has 0 amide bonds. The van der Waals surface area contributed by atoms with Crippen molar-refractivity contribution in [2.75, 3.05) is 19.6 Å². The molecule has 1 heterocycles. The van der Waals surface area contributed by atoms with Gasteiger partial charge < -0.3 is 10.6 Å². The van der Waals surface area contributed by atoms with E-state index in [9.17, 15) is 0 Å². The minimum Gasteiger partial charge on any atom is -0.330 e. The van der Waals surface area contributed by atoms with Crippen LogP contribution in [0.15, 0.2) is 18.2 Å². The van der Waals surface area contributed by atoms with Gasteiger partial charge in [0.25, 0.3) is 0 Å². The van der Waals surface area contributed by atoms with E-state index < -0.39 is 0 Å². The van der Waals surface area contributed by atoms with Crippen LogP contribution in [-0.4, -0.2) is 30.6 Å². The molecule has 2 nitrogen and oxygen atoms in total. The van der Waals surface area contributed by atoms with Crippen LogP contribution >= 0.6 is 0 Å². The molecule has 2 rings (SSSR count). The van der Waals surface area contributed by atoms with E-state index in [2.05, 4.69) is 50.8 Å². The van der Waals surface area contributed by atoms with Gasteiger partial charge in [-0.15, -0.1) is 0 Å². The monoisotopic (exact) mass is 274 g/mol. The van der Waals surface area contributed by atoms with Crippen LogP contribution in [0.3, 0.4) is 0 Å². The average molecular weight is 274 g/mol. The molecule has 1 saturated heterocycles. The number of hydrogen-bond acceptors (Lipinski definition) is 2. The van der Waals surface area contributed by atoms with Gasteiger partial charge in [-0.3, -0.25) is 0 Å². The molecule has 1 fully saturated rings. The molecule has 1 unspecified atom stereocenters. The molecule has 0 aromatic heterocycles. The van der Waals surface area contributed by atoms with Gasteiger partial charge in [0.05, 0.1) is 0 Å². The van der Waals surface area contributed by atoms with E-state index in [0.717, 1.165) is 6.54 Å². The van der Waals surface area contributed by atoms with E-state index in [1.165, 1.54) is 49.0 Å². The summed E-state index contributed by atoms with van der Waals surface area (Å²) in [6.07, 6.45) is 3.62. The fourth-order valence-electron chi connectivity index (χ4n) is 3.64. The second kappa shape index (κ2) is 6.28. The van der Waals surface area contributed by atoms with Gasteiger partial charge in [0.15, 0.2) is 0 Å². The zero-order chi connectivity index (χ0) is 14.8. The van der Waals surface area contributed by atoms with Crippen LogP contribution in [0.2, 0.25) is 0 Å². The summed E-state index contributed by atoms with van der Waals surface area (Å²) in [7, 11) is 0. The molecule has 0 bridgehead atoms. The largest absolute Gasteiger partial charge is 0.330 e. The number of hydrogen-bond donors (Lipinski definition) is 1. The maximum Gasteiger partial charge on any atom is 0.0102 e. The van der Waals surface area contributed by atoms with Crippen molar-refractivity contribution >= 4 is 0 Å². The van der Waals surface area contributed by atoms with E-state index >= 15 is 0 Å². The Hall–Kier alpha value is -0.860. The maximum atomic E-state index is 6.21. The molecule has 20 heavy (non-hydrogen) atoms. The molecule has 1 aliphatic heterocycles. The quantitative estimate of drug-likeness (QED) is 0.912. The predicted octanol–water partition coefficient (Wildman–Crippen LogP) is 3.39. The lowest BCUT2D eigenvalue weighted by Crippen LogP contribution is -2.49. The van der Waals surface area contributed by atoms with Gasteiger partial charge in [-0.25, -0.2) is 0 Å². The van der Waals surface area contributed by atoms with Crippen LogP contribution in [-0.2, 0) is 5.41 Å². The van der Waals surface area contributed by atoms with Crippen LogP contribution in [0, 0.1) is 13.8 Å². The van der Waals surface area contributed by atoms with E-state index in [1.54, 1.807) is 0 Å². The van der Waals surface area contributed by atoms with Crippen LogP contribution in [0.25, 0.3) is 0 Å². The Morgan fingerprint density at radius 3 is 2.40 bits per heavy atom. The lowest BCUT2D eigenvalue weighted by Gasteiger charge is -2.44. The number of nitrogens with two attached hydrogens (primary N) is 1. The minimum absolute atomic E-state index is 0.196. The van der Waals surface area contributed by atoms with Gasteiger partial charge in [0.1, 0.15) is 0 Å². The standard InChI is InChI=1S/C18H30N2/c1-5-16(4)20-10-8-18(13-19,9-11-20)17-7-6-14(2)12-15(17)3/h6-7,12,16H,5,8-11,13,19H2,1-4H3. The lowest BCUT2D eigenvalue weighted by molar-refractivity contribution is 0.122. The molecule has 0 radical (unpaired) electrons. The summed E-state index contributed by atoms with van der Waals surface area (Å²) in [5.41, 5.74) is 10.6. The molecule has 0 aliphatic carbocycles. The van der Waals surface area contributed by atoms with Gasteiger partial charge in [-0.05, 0) is 64.3 Å². The molecule has 0 saturated carbocycles. The van der Waals surface area contributed by atoms with Gasteiger partial charge in [-0.2, -0.15) is 0 Å². The first kappa shape index (κ1) is 15.5. The highest BCUT2D eigenvalue weighted by atomic mass is 15.2. The Morgan fingerprint density at radius 2 is 1.90 bits per heavy atom. The van der Waals surface area contributed by atoms with Crippen molar-refractivity contribution in [3.63, 3.8) is 0 Å². The summed E-state index contributed by atoms with van der Waals surface area (Å²) in [6.45, 7) is 12.1. The van der Waals surface area contributed by atoms with Gasteiger partial charge in [0, 0.05) is 18.0 Å². The van der Waals surface area contributed by atoms with Gasteiger partial charge in [-0.1, -0.05) is 30.7 Å². The second-order valence-corrected chi connectivity index (χ2v) is 6.60. The van der Waals surface area contributed by atoms with Crippen LogP contribution in [0.4, 0.5) is 0 Å². The first-order valence-corrected chi connectivity index (χ1v) is 8.04. The minimum atomic E-state index is 0.196. The van der Waals surface area contributed by atoms with Crippen LogP contribution in [0.5, 0.6) is 0 Å². The topological polar surface area (TPSA) is 29.3 Å². The summed E-state index contributed by atoms with van der Waals surface area (Å²) in [5.74, 6) is 0. The summed E-state index contributed by atoms with van der Waals surface area (Å²) in [4.78, 5) is 2.62. The Kier molecular flexibility index (Phi) is 4.87. The maximum absolute atomic E-state index is 6.21. The zero-order valence-electron chi connectivity index (χ0n) is 13.6. The molecule has 2 N–H and O–H groups in total. The van der Waals surface area contributed by atoms with Crippen LogP contribution < -0.4 is 5.73 Å². The Balaban J connectivity index is 2.20. The van der Waals surface area contributed by atoms with Crippen molar-refractivity contribution in [3.8, 4) is 0 Å². The van der Waals surface area contributed by atoms with E-state index in [-0.39, 0.29) is 5.41 Å². The first-order chi connectivity index (χ1) is 9.52. The molecule has 1 aliphatic rings. The number of rotatable bonds is 4. The Bertz CT molecular complexity index is 445. The molecular weight excluding hydrogens is 244 g/mol. The molecule has 1 aromatic carbocycles. The SMILES string of the molecule is CCC(C)N1CCC(CN)(c2ccc(C)cc2C)CC1. The smallest absolute Gasteiger partial charge is 0.0102 e. The van der Waals surface area contributed by atoms with Crippen molar-refractivity contribution in [2.24, 2.45) is 5.73 Å². The Labute approximate surface area is 124 Å². The summed E-state index contributed by atoms with van der Waals surface area (Å²) >= 11 is 0. The molecular formula is C18H30N2. The second-order valence-electron chi connectivity index (χ2n) is 6.60. The zero-order valence-corrected chi connectivity index (χ0v) is 13.6. The van der Waals surface area contributed by atoms with Gasteiger partial charge in [0.2, 0.25) is 0 Å². The predicted molar refractivity (Wildman–Crippen MR) is 87.2 cm³/mol. The third-order valence-electron chi connectivity index (χ3n) is 5.31. The summed E-state index contributed by atoms with van der Waals surface area (Å²) < 4.78 is 0. The lowest BCUT2D eigenvalue weighted by atomic mass is 9.71. The van der Waals surface area contributed by atoms with E-state index in [0.29, 0.717) is 6.04 Å². The number of benzene rings is 1. The third-order valence-corrected chi connectivity index (χ3v) is 5.31. The first-order valence-electron chi connectivity index (χ1n) is 8.04. The van der Waals surface area contributed by atoms with Crippen molar-refractivity contribution in [1.82, 2.24) is 4.90 Å². The molecule has 1 atom stereocenters. The van der Waals surface area contributed by atoms with E-state index in [1.807, 2.05) is 0 Å². The number of piperidine rings is 1. The highest BCUT2D eigenvalue weighted by Gasteiger charge is 2.36. The highest BCUT2D eigenvalue weighted by molar-refractivity contribution is 5.37. The Morgan fingerprint density at radius 1 is 1.25 bits per heavy atom.